The number of carbonyl (C=O) groups is 1. The maximum absolute atomic E-state index is 13.1. The predicted octanol–water partition coefficient (Wildman–Crippen LogP) is 5.20. The molecular formula is C31H38N6O6. The summed E-state index contributed by atoms with van der Waals surface area (Å²) in [5, 5.41) is 12.1. The van der Waals surface area contributed by atoms with Crippen molar-refractivity contribution in [1.82, 2.24) is 14.9 Å². The normalized spacial score (nSPS) is 15.7. The van der Waals surface area contributed by atoms with Crippen LogP contribution in [0.15, 0.2) is 48.7 Å². The lowest BCUT2D eigenvalue weighted by molar-refractivity contribution is -0.383. The molecule has 5 rings (SSSR count). The molecule has 0 radical (unpaired) electrons. The number of likely N-dealkylation sites (tertiary alicyclic amines) is 1. The molecule has 3 aromatic rings. The summed E-state index contributed by atoms with van der Waals surface area (Å²) in [6, 6.07) is 13.1. The van der Waals surface area contributed by atoms with Gasteiger partial charge in [-0.25, -0.2) is 4.79 Å². The molecule has 228 valence electrons. The Kier molecular flexibility index (Phi) is 10.0. The largest absolute Gasteiger partial charge is 0.477 e. The second-order valence-electron chi connectivity index (χ2n) is 10.8. The highest BCUT2D eigenvalue weighted by molar-refractivity contribution is 5.92. The molecule has 1 amide bonds. The molecule has 0 bridgehead atoms. The Morgan fingerprint density at radius 1 is 1.14 bits per heavy atom. The first-order chi connectivity index (χ1) is 20.9. The SMILES string of the molecule is CCOC(=O)N(Cc1ccc(-c2ccc(CN3CCCC3)nc2)cc1)c1cc(OCC2CCOCC2)nc(N)c1[N+](=O)[O-]. The number of nitro groups is 1. The van der Waals surface area contributed by atoms with Gasteiger partial charge in [0.2, 0.25) is 11.7 Å². The first-order valence-corrected chi connectivity index (χ1v) is 14.8. The van der Waals surface area contributed by atoms with Gasteiger partial charge < -0.3 is 19.9 Å². The minimum absolute atomic E-state index is 0.00976. The van der Waals surface area contributed by atoms with Crippen LogP contribution in [0.3, 0.4) is 0 Å². The number of benzene rings is 1. The fourth-order valence-corrected chi connectivity index (χ4v) is 5.40. The molecule has 4 heterocycles. The van der Waals surface area contributed by atoms with Gasteiger partial charge in [-0.3, -0.25) is 24.9 Å². The average molecular weight is 591 g/mol. The predicted molar refractivity (Wildman–Crippen MR) is 162 cm³/mol. The van der Waals surface area contributed by atoms with Crippen LogP contribution in [0, 0.1) is 16.0 Å². The first-order valence-electron chi connectivity index (χ1n) is 14.8. The second kappa shape index (κ2) is 14.3. The summed E-state index contributed by atoms with van der Waals surface area (Å²) < 4.78 is 16.6. The molecule has 0 aliphatic carbocycles. The van der Waals surface area contributed by atoms with Gasteiger partial charge in [-0.15, -0.1) is 0 Å². The van der Waals surface area contributed by atoms with Crippen LogP contribution in [0.25, 0.3) is 11.1 Å². The van der Waals surface area contributed by atoms with Crippen LogP contribution in [0.2, 0.25) is 0 Å². The lowest BCUT2D eigenvalue weighted by Gasteiger charge is -2.24. The van der Waals surface area contributed by atoms with Gasteiger partial charge >= 0.3 is 11.8 Å². The van der Waals surface area contributed by atoms with E-state index in [9.17, 15) is 14.9 Å². The zero-order valence-corrected chi connectivity index (χ0v) is 24.4. The number of nitrogen functional groups attached to an aromatic ring is 1. The summed E-state index contributed by atoms with van der Waals surface area (Å²) >= 11 is 0. The van der Waals surface area contributed by atoms with Gasteiger partial charge in [0.1, 0.15) is 5.69 Å². The zero-order valence-electron chi connectivity index (χ0n) is 24.4. The van der Waals surface area contributed by atoms with Crippen LogP contribution in [0.5, 0.6) is 5.88 Å². The third kappa shape index (κ3) is 7.76. The van der Waals surface area contributed by atoms with E-state index >= 15 is 0 Å². The van der Waals surface area contributed by atoms with Gasteiger partial charge in [-0.05, 0) is 68.8 Å². The Labute approximate surface area is 250 Å². The van der Waals surface area contributed by atoms with E-state index in [0.29, 0.717) is 19.8 Å². The number of nitrogens with two attached hydrogens (primary N) is 1. The van der Waals surface area contributed by atoms with E-state index in [-0.39, 0.29) is 36.5 Å². The highest BCUT2D eigenvalue weighted by Crippen LogP contribution is 2.37. The summed E-state index contributed by atoms with van der Waals surface area (Å²) in [4.78, 5) is 36.9. The average Bonchev–Trinajstić information content (AvgIpc) is 3.53. The van der Waals surface area contributed by atoms with E-state index in [1.165, 1.54) is 23.8 Å². The topological polar surface area (TPSA) is 146 Å². The van der Waals surface area contributed by atoms with Gasteiger partial charge in [-0.2, -0.15) is 4.98 Å². The molecule has 43 heavy (non-hydrogen) atoms. The third-order valence-electron chi connectivity index (χ3n) is 7.78. The molecule has 1 aromatic carbocycles. The molecule has 2 aromatic heterocycles. The molecule has 2 aliphatic heterocycles. The molecule has 0 unspecified atom stereocenters. The van der Waals surface area contributed by atoms with Crippen molar-refractivity contribution in [3.63, 3.8) is 0 Å². The van der Waals surface area contributed by atoms with Gasteiger partial charge in [0.05, 0.1) is 30.4 Å². The molecular weight excluding hydrogens is 552 g/mol. The second-order valence-corrected chi connectivity index (χ2v) is 10.8. The van der Waals surface area contributed by atoms with Crippen molar-refractivity contribution in [1.29, 1.82) is 0 Å². The Bertz CT molecular complexity index is 1390. The van der Waals surface area contributed by atoms with Gasteiger partial charge in [0.15, 0.2) is 0 Å². The van der Waals surface area contributed by atoms with E-state index in [4.69, 9.17) is 19.9 Å². The number of ether oxygens (including phenoxy) is 3. The van der Waals surface area contributed by atoms with Crippen molar-refractivity contribution in [2.75, 3.05) is 50.2 Å². The Morgan fingerprint density at radius 2 is 1.86 bits per heavy atom. The Balaban J connectivity index is 1.36. The lowest BCUT2D eigenvalue weighted by atomic mass is 10.0. The molecule has 12 nitrogen and oxygen atoms in total. The van der Waals surface area contributed by atoms with Crippen LogP contribution >= 0.6 is 0 Å². The maximum atomic E-state index is 13.1. The summed E-state index contributed by atoms with van der Waals surface area (Å²) in [5.41, 5.74) is 9.24. The van der Waals surface area contributed by atoms with E-state index < -0.39 is 16.7 Å². The molecule has 0 atom stereocenters. The number of nitrogens with zero attached hydrogens (tertiary/aromatic N) is 5. The number of anilines is 2. The maximum Gasteiger partial charge on any atom is 0.414 e. The summed E-state index contributed by atoms with van der Waals surface area (Å²) in [6.07, 6.45) is 5.30. The van der Waals surface area contributed by atoms with Crippen LogP contribution in [-0.2, 0) is 22.6 Å². The fraction of sp³-hybridized carbons (Fsp3) is 0.452. The number of rotatable bonds is 11. The van der Waals surface area contributed by atoms with Crippen LogP contribution < -0.4 is 15.4 Å². The molecule has 2 fully saturated rings. The van der Waals surface area contributed by atoms with Crippen molar-refractivity contribution in [2.45, 2.75) is 45.7 Å². The van der Waals surface area contributed by atoms with E-state index in [1.807, 2.05) is 30.5 Å². The molecule has 0 saturated carbocycles. The summed E-state index contributed by atoms with van der Waals surface area (Å²) in [6.45, 7) is 6.55. The molecule has 2 saturated heterocycles. The van der Waals surface area contributed by atoms with Crippen molar-refractivity contribution in [3.8, 4) is 17.0 Å². The number of hydrogen-bond donors (Lipinski definition) is 1. The lowest BCUT2D eigenvalue weighted by Crippen LogP contribution is -2.32. The van der Waals surface area contributed by atoms with Gasteiger partial charge in [0.25, 0.3) is 0 Å². The van der Waals surface area contributed by atoms with Crippen LogP contribution in [0.4, 0.5) is 22.0 Å². The fourth-order valence-electron chi connectivity index (χ4n) is 5.40. The molecule has 0 spiro atoms. The van der Waals surface area contributed by atoms with Crippen molar-refractivity contribution < 1.29 is 23.9 Å². The van der Waals surface area contributed by atoms with E-state index in [1.54, 1.807) is 6.92 Å². The standard InChI is InChI=1S/C31H38N6O6/c1-2-42-31(38)36(27-17-28(34-30(32)29(27)37(39)40)43-21-23-11-15-41-16-12-23)19-22-5-7-24(8-6-22)25-9-10-26(33-18-25)20-35-13-3-4-14-35/h5-10,17-18,23H,2-4,11-16,19-21H2,1H3,(H2,32,34). The number of carbonyl (C=O) groups excluding carboxylic acids is 1. The Hall–Kier alpha value is -4.29. The van der Waals surface area contributed by atoms with E-state index in [2.05, 4.69) is 27.0 Å². The van der Waals surface area contributed by atoms with Crippen molar-refractivity contribution in [2.24, 2.45) is 5.92 Å². The van der Waals surface area contributed by atoms with Crippen LogP contribution in [0.1, 0.15) is 43.9 Å². The van der Waals surface area contributed by atoms with Gasteiger partial charge in [0, 0.05) is 37.6 Å². The van der Waals surface area contributed by atoms with Crippen molar-refractivity contribution >= 4 is 23.3 Å². The zero-order chi connectivity index (χ0) is 30.2. The summed E-state index contributed by atoms with van der Waals surface area (Å²) in [5.74, 6) is 0.0382. The smallest absolute Gasteiger partial charge is 0.414 e. The monoisotopic (exact) mass is 590 g/mol. The minimum atomic E-state index is -0.742. The van der Waals surface area contributed by atoms with E-state index in [0.717, 1.165) is 54.9 Å². The third-order valence-corrected chi connectivity index (χ3v) is 7.78. The quantitative estimate of drug-likeness (QED) is 0.234. The van der Waals surface area contributed by atoms with Crippen molar-refractivity contribution in [3.05, 3.63) is 70.0 Å². The first kappa shape index (κ1) is 30.2. The number of amides is 1. The number of aromatic nitrogens is 2. The highest BCUT2D eigenvalue weighted by Gasteiger charge is 2.31. The minimum Gasteiger partial charge on any atom is -0.477 e. The molecule has 2 N–H and O–H groups in total. The summed E-state index contributed by atoms with van der Waals surface area (Å²) in [7, 11) is 0. The number of hydrogen-bond acceptors (Lipinski definition) is 10. The highest BCUT2D eigenvalue weighted by atomic mass is 16.6. The molecule has 2 aliphatic rings. The van der Waals surface area contributed by atoms with Gasteiger partial charge in [-0.1, -0.05) is 30.3 Å². The Morgan fingerprint density at radius 3 is 2.51 bits per heavy atom. The number of pyridine rings is 2. The molecule has 12 heteroatoms. The van der Waals surface area contributed by atoms with Crippen LogP contribution in [-0.4, -0.2) is 65.4 Å².